The highest BCUT2D eigenvalue weighted by molar-refractivity contribution is 6.61. The highest BCUT2D eigenvalue weighted by Gasteiger charge is 2.28. The van der Waals surface area contributed by atoms with E-state index in [9.17, 15) is 14.4 Å². The molecule has 1 atom stereocenters. The Hall–Kier alpha value is -1.50. The lowest BCUT2D eigenvalue weighted by Crippen LogP contribution is -2.46. The maximum Gasteiger partial charge on any atom is 0.408 e. The third-order valence-electron chi connectivity index (χ3n) is 2.23. The smallest absolute Gasteiger partial charge is 0.408 e. The van der Waals surface area contributed by atoms with Crippen LogP contribution in [0, 0.1) is 0 Å². The van der Waals surface area contributed by atoms with Crippen molar-refractivity contribution in [1.82, 2.24) is 5.32 Å². The molecule has 134 valence electrons. The number of alkyl carbamates (subject to hydrolysis) is 1. The molecule has 0 bridgehead atoms. The highest BCUT2D eigenvalue weighted by Crippen LogP contribution is 2.12. The normalized spacial score (nSPS) is 13.0. The van der Waals surface area contributed by atoms with Crippen molar-refractivity contribution in [2.45, 2.75) is 71.6 Å². The molecule has 0 unspecified atom stereocenters. The van der Waals surface area contributed by atoms with Crippen LogP contribution in [-0.2, 0) is 19.0 Å². The van der Waals surface area contributed by atoms with Crippen molar-refractivity contribution in [3.63, 3.8) is 0 Å². The second kappa shape index (κ2) is 8.96. The Morgan fingerprint density at radius 2 is 1.52 bits per heavy atom. The monoisotopic (exact) mass is 351 g/mol. The summed E-state index contributed by atoms with van der Waals surface area (Å²) in [4.78, 5) is 34.5. The molecule has 0 saturated carbocycles. The number of carbonyl (C=O) groups is 3. The number of amides is 1. The first-order valence-corrected chi connectivity index (χ1v) is 7.72. The van der Waals surface area contributed by atoms with Gasteiger partial charge in [0.25, 0.3) is 0 Å². The van der Waals surface area contributed by atoms with E-state index in [-0.39, 0.29) is 13.0 Å². The summed E-state index contributed by atoms with van der Waals surface area (Å²) >= 11 is 5.06. The molecule has 0 aliphatic rings. The van der Waals surface area contributed by atoms with E-state index in [4.69, 9.17) is 21.1 Å². The molecule has 1 N–H and O–H groups in total. The Morgan fingerprint density at radius 1 is 1.00 bits per heavy atom. The summed E-state index contributed by atoms with van der Waals surface area (Å²) in [5.41, 5.74) is -2.29. The zero-order valence-electron chi connectivity index (χ0n) is 14.5. The Labute approximate surface area is 142 Å². The molecule has 8 heteroatoms. The van der Waals surface area contributed by atoms with Gasteiger partial charge in [-0.2, -0.15) is 0 Å². The van der Waals surface area contributed by atoms with Gasteiger partial charge in [-0.05, 0) is 54.4 Å². The number of carbonyl (C=O) groups excluding carboxylic acids is 3. The van der Waals surface area contributed by atoms with Gasteiger partial charge in [-0.25, -0.2) is 14.4 Å². The summed E-state index contributed by atoms with van der Waals surface area (Å²) in [6, 6.07) is -0.905. The maximum absolute atomic E-state index is 12.2. The molecule has 0 aromatic heterocycles. The molecule has 0 heterocycles. The average Bonchev–Trinajstić information content (AvgIpc) is 2.27. The second-order valence-electron chi connectivity index (χ2n) is 6.96. The molecular weight excluding hydrogens is 326 g/mol. The van der Waals surface area contributed by atoms with Crippen molar-refractivity contribution >= 4 is 29.1 Å². The van der Waals surface area contributed by atoms with Crippen LogP contribution < -0.4 is 5.32 Å². The van der Waals surface area contributed by atoms with E-state index in [0.717, 1.165) is 0 Å². The zero-order valence-corrected chi connectivity index (χ0v) is 15.3. The molecule has 0 saturated heterocycles. The molecule has 0 rings (SSSR count). The Morgan fingerprint density at radius 3 is 1.96 bits per heavy atom. The van der Waals surface area contributed by atoms with E-state index in [1.165, 1.54) is 0 Å². The van der Waals surface area contributed by atoms with Gasteiger partial charge in [0.2, 0.25) is 0 Å². The van der Waals surface area contributed by atoms with Crippen LogP contribution in [0.2, 0.25) is 0 Å². The largest absolute Gasteiger partial charge is 0.458 e. The fourth-order valence-corrected chi connectivity index (χ4v) is 1.59. The van der Waals surface area contributed by atoms with Crippen LogP contribution in [0.3, 0.4) is 0 Å². The first-order valence-electron chi connectivity index (χ1n) is 7.35. The van der Waals surface area contributed by atoms with Gasteiger partial charge < -0.3 is 19.5 Å². The van der Waals surface area contributed by atoms with E-state index in [0.29, 0.717) is 6.42 Å². The fraction of sp³-hybridized carbons (Fsp3) is 0.800. The lowest BCUT2D eigenvalue weighted by Gasteiger charge is -2.26. The summed E-state index contributed by atoms with van der Waals surface area (Å²) in [7, 11) is 0. The molecule has 0 spiro atoms. The summed E-state index contributed by atoms with van der Waals surface area (Å²) < 4.78 is 15.0. The summed E-state index contributed by atoms with van der Waals surface area (Å²) in [5, 5.41) is 2.47. The van der Waals surface area contributed by atoms with Crippen LogP contribution in [-0.4, -0.2) is 41.3 Å². The van der Waals surface area contributed by atoms with Crippen molar-refractivity contribution in [2.75, 3.05) is 6.61 Å². The van der Waals surface area contributed by atoms with Crippen LogP contribution in [0.15, 0.2) is 0 Å². The quantitative estimate of drug-likeness (QED) is 0.341. The molecule has 7 nitrogen and oxygen atoms in total. The van der Waals surface area contributed by atoms with Crippen LogP contribution >= 0.6 is 11.6 Å². The molecule has 0 aromatic rings. The summed E-state index contributed by atoms with van der Waals surface area (Å²) in [6.07, 6.45) is -0.168. The summed E-state index contributed by atoms with van der Waals surface area (Å²) in [5.74, 6) is -0.583. The second-order valence-corrected chi connectivity index (χ2v) is 7.27. The Bertz CT molecular complexity index is 425. The standard InChI is InChI=1S/C15H26ClNO6/c1-14(2,3)22-11(18)10(8-7-9-21-12(16)19)17-13(20)23-15(4,5)6/h10H,7-9H2,1-6H3,(H,17,20)/t10-/m0/s1. The first kappa shape index (κ1) is 21.5. The SMILES string of the molecule is CC(C)(C)OC(=O)N[C@@H](CCCOC(=O)Cl)C(=O)OC(C)(C)C. The molecular formula is C15H26ClNO6. The van der Waals surface area contributed by atoms with Gasteiger partial charge in [-0.3, -0.25) is 0 Å². The van der Waals surface area contributed by atoms with Crippen molar-refractivity contribution in [3.8, 4) is 0 Å². The van der Waals surface area contributed by atoms with E-state index < -0.39 is 34.7 Å². The van der Waals surface area contributed by atoms with Gasteiger partial charge in [-0.1, -0.05) is 0 Å². The van der Waals surface area contributed by atoms with Crippen molar-refractivity contribution in [1.29, 1.82) is 0 Å². The van der Waals surface area contributed by atoms with Gasteiger partial charge in [0.1, 0.15) is 17.2 Å². The highest BCUT2D eigenvalue weighted by atomic mass is 35.5. The predicted molar refractivity (Wildman–Crippen MR) is 85.4 cm³/mol. The van der Waals surface area contributed by atoms with E-state index in [2.05, 4.69) is 10.1 Å². The number of halogens is 1. The molecule has 1 amide bonds. The number of nitrogens with one attached hydrogen (secondary N) is 1. The average molecular weight is 352 g/mol. The van der Waals surface area contributed by atoms with E-state index in [1.54, 1.807) is 41.5 Å². The minimum absolute atomic E-state index is 0.0393. The van der Waals surface area contributed by atoms with Crippen molar-refractivity contribution in [3.05, 3.63) is 0 Å². The van der Waals surface area contributed by atoms with Crippen LogP contribution in [0.5, 0.6) is 0 Å². The topological polar surface area (TPSA) is 90.9 Å². The maximum atomic E-state index is 12.2. The van der Waals surface area contributed by atoms with Gasteiger partial charge in [0.15, 0.2) is 0 Å². The lowest BCUT2D eigenvalue weighted by atomic mass is 10.1. The molecule has 0 aliphatic carbocycles. The van der Waals surface area contributed by atoms with E-state index in [1.807, 2.05) is 0 Å². The first-order chi connectivity index (χ1) is 10.3. The van der Waals surface area contributed by atoms with Gasteiger partial charge in [0.05, 0.1) is 6.61 Å². The summed E-state index contributed by atoms with van der Waals surface area (Å²) in [6.45, 7) is 10.4. The van der Waals surface area contributed by atoms with Crippen LogP contribution in [0.4, 0.5) is 9.59 Å². The van der Waals surface area contributed by atoms with Crippen molar-refractivity contribution < 1.29 is 28.6 Å². The van der Waals surface area contributed by atoms with Gasteiger partial charge >= 0.3 is 17.5 Å². The number of ether oxygens (including phenoxy) is 3. The fourth-order valence-electron chi connectivity index (χ4n) is 1.51. The molecule has 23 heavy (non-hydrogen) atoms. The third-order valence-corrected chi connectivity index (χ3v) is 2.34. The third kappa shape index (κ3) is 12.7. The lowest BCUT2D eigenvalue weighted by molar-refractivity contribution is -0.157. The molecule has 0 aromatic carbocycles. The Balaban J connectivity index is 4.69. The number of hydrogen-bond donors (Lipinski definition) is 1. The van der Waals surface area contributed by atoms with Gasteiger partial charge in [0, 0.05) is 11.6 Å². The van der Waals surface area contributed by atoms with Gasteiger partial charge in [-0.15, -0.1) is 0 Å². The Kier molecular flexibility index (Phi) is 8.37. The number of esters is 1. The predicted octanol–water partition coefficient (Wildman–Crippen LogP) is 3.38. The molecule has 0 radical (unpaired) electrons. The molecule has 0 fully saturated rings. The zero-order chi connectivity index (χ0) is 18.3. The number of rotatable bonds is 6. The minimum Gasteiger partial charge on any atom is -0.458 e. The van der Waals surface area contributed by atoms with E-state index >= 15 is 0 Å². The van der Waals surface area contributed by atoms with Crippen LogP contribution in [0.1, 0.15) is 54.4 Å². The van der Waals surface area contributed by atoms with Crippen LogP contribution in [0.25, 0.3) is 0 Å². The minimum atomic E-state index is -0.918. The molecule has 0 aliphatic heterocycles. The van der Waals surface area contributed by atoms with Crippen molar-refractivity contribution in [2.24, 2.45) is 0 Å². The number of hydrogen-bond acceptors (Lipinski definition) is 6.